The second-order valence-electron chi connectivity index (χ2n) is 7.63. The molecule has 30 heavy (non-hydrogen) atoms. The van der Waals surface area contributed by atoms with E-state index in [2.05, 4.69) is 17.1 Å². The number of carbonyl (C=O) groups is 1. The van der Waals surface area contributed by atoms with E-state index in [1.807, 2.05) is 29.9 Å². The molecule has 0 saturated carbocycles. The number of rotatable bonds is 4. The topological polar surface area (TPSA) is 50.5 Å². The number of nitrogens with zero attached hydrogens (tertiary/aromatic N) is 4. The van der Waals surface area contributed by atoms with E-state index in [1.165, 1.54) is 29.5 Å². The second-order valence-corrected chi connectivity index (χ2v) is 8.57. The Morgan fingerprint density at radius 3 is 2.77 bits per heavy atom. The molecule has 0 saturated heterocycles. The summed E-state index contributed by atoms with van der Waals surface area (Å²) in [6, 6.07) is 14.5. The summed E-state index contributed by atoms with van der Waals surface area (Å²) in [6.07, 6.45) is 5.43. The van der Waals surface area contributed by atoms with Crippen LogP contribution >= 0.6 is 11.8 Å². The van der Waals surface area contributed by atoms with E-state index in [0.29, 0.717) is 0 Å². The maximum atomic E-state index is 13.6. The Morgan fingerprint density at radius 1 is 1.20 bits per heavy atom. The van der Waals surface area contributed by atoms with Crippen molar-refractivity contribution in [1.29, 1.82) is 0 Å². The number of hydrogen-bond acceptors (Lipinski definition) is 4. The lowest BCUT2D eigenvalue weighted by Crippen LogP contribution is -2.33. The van der Waals surface area contributed by atoms with Crippen LogP contribution in [0.5, 0.6) is 0 Å². The second kappa shape index (κ2) is 7.72. The molecule has 1 aromatic heterocycles. The van der Waals surface area contributed by atoms with Crippen molar-refractivity contribution in [2.75, 3.05) is 5.75 Å². The van der Waals surface area contributed by atoms with Crippen molar-refractivity contribution in [3.63, 3.8) is 0 Å². The molecular formula is C23H21FN4OS. The van der Waals surface area contributed by atoms with E-state index in [-0.39, 0.29) is 29.4 Å². The van der Waals surface area contributed by atoms with Crippen LogP contribution in [0.3, 0.4) is 0 Å². The summed E-state index contributed by atoms with van der Waals surface area (Å²) < 4.78 is 15.4. The molecule has 0 bridgehead atoms. The van der Waals surface area contributed by atoms with Gasteiger partial charge in [-0.15, -0.1) is 0 Å². The molecule has 7 heteroatoms. The molecule has 1 amide bonds. The highest BCUT2D eigenvalue weighted by molar-refractivity contribution is 7.99. The van der Waals surface area contributed by atoms with Crippen LogP contribution in [-0.2, 0) is 18.3 Å². The number of amides is 1. The highest BCUT2D eigenvalue weighted by Crippen LogP contribution is 2.43. The lowest BCUT2D eigenvalue weighted by atomic mass is 9.77. The minimum absolute atomic E-state index is 0.0725. The molecule has 2 aliphatic rings. The van der Waals surface area contributed by atoms with E-state index < -0.39 is 0 Å². The van der Waals surface area contributed by atoms with Gasteiger partial charge in [0.15, 0.2) is 5.16 Å². The third kappa shape index (κ3) is 3.33. The molecule has 0 unspecified atom stereocenters. The zero-order chi connectivity index (χ0) is 20.7. The van der Waals surface area contributed by atoms with Gasteiger partial charge in [0.25, 0.3) is 5.91 Å². The lowest BCUT2D eigenvalue weighted by molar-refractivity contribution is -0.130. The quantitative estimate of drug-likeness (QED) is 0.595. The predicted molar refractivity (Wildman–Crippen MR) is 115 cm³/mol. The smallest absolute Gasteiger partial charge is 0.253 e. The summed E-state index contributed by atoms with van der Waals surface area (Å²) in [5.41, 5.74) is 4.26. The number of fused-ring (bicyclic) bond motifs is 3. The average molecular weight is 421 g/mol. The Kier molecular flexibility index (Phi) is 4.90. The first kappa shape index (κ1) is 19.1. The van der Waals surface area contributed by atoms with Gasteiger partial charge >= 0.3 is 0 Å². The number of carbonyl (C=O) groups excluding carboxylic acids is 1. The predicted octanol–water partition coefficient (Wildman–Crippen LogP) is 4.20. The summed E-state index contributed by atoms with van der Waals surface area (Å²) in [6.45, 7) is 0. The van der Waals surface area contributed by atoms with Crippen LogP contribution in [-0.4, -0.2) is 31.9 Å². The van der Waals surface area contributed by atoms with Crippen molar-refractivity contribution in [3.05, 3.63) is 83.4 Å². The molecular weight excluding hydrogens is 399 g/mol. The minimum atomic E-state index is -0.282. The molecule has 2 aromatic carbocycles. The number of imidazole rings is 1. The normalized spacial score (nSPS) is 19.9. The Hall–Kier alpha value is -2.93. The van der Waals surface area contributed by atoms with Crippen LogP contribution in [0.1, 0.15) is 29.2 Å². The summed E-state index contributed by atoms with van der Waals surface area (Å²) in [4.78, 5) is 17.5. The van der Waals surface area contributed by atoms with Gasteiger partial charge in [0.2, 0.25) is 0 Å². The van der Waals surface area contributed by atoms with Gasteiger partial charge in [-0.25, -0.2) is 14.4 Å². The van der Waals surface area contributed by atoms with Crippen LogP contribution in [0.2, 0.25) is 0 Å². The Balaban J connectivity index is 1.49. The van der Waals surface area contributed by atoms with E-state index in [4.69, 9.17) is 5.10 Å². The molecule has 3 aromatic rings. The number of thioether (sulfide) groups is 1. The molecule has 5 nitrogen and oxygen atoms in total. The lowest BCUT2D eigenvalue weighted by Gasteiger charge is -2.29. The largest absolute Gasteiger partial charge is 0.329 e. The maximum Gasteiger partial charge on any atom is 0.253 e. The molecule has 0 spiro atoms. The van der Waals surface area contributed by atoms with Crippen molar-refractivity contribution >= 4 is 23.4 Å². The Bertz CT molecular complexity index is 1120. The molecule has 2 atom stereocenters. The van der Waals surface area contributed by atoms with E-state index in [0.717, 1.165) is 34.8 Å². The molecule has 0 fully saturated rings. The van der Waals surface area contributed by atoms with E-state index in [9.17, 15) is 9.18 Å². The van der Waals surface area contributed by atoms with E-state index in [1.54, 1.807) is 23.3 Å². The van der Waals surface area contributed by atoms with Gasteiger partial charge in [-0.05, 0) is 36.1 Å². The van der Waals surface area contributed by atoms with Crippen molar-refractivity contribution in [2.24, 2.45) is 18.1 Å². The number of halogens is 1. The van der Waals surface area contributed by atoms with Gasteiger partial charge in [0, 0.05) is 30.9 Å². The number of aryl methyl sites for hydroxylation is 2. The first-order valence-electron chi connectivity index (χ1n) is 9.96. The van der Waals surface area contributed by atoms with Crippen molar-refractivity contribution in [3.8, 4) is 0 Å². The molecule has 1 aliphatic heterocycles. The highest BCUT2D eigenvalue weighted by atomic mass is 32.2. The maximum absolute atomic E-state index is 13.6. The van der Waals surface area contributed by atoms with Crippen LogP contribution in [0, 0.1) is 11.7 Å². The molecule has 0 radical (unpaired) electrons. The SMILES string of the molecule is Cn1ccnc1SCC(=O)N1N=C2c3ccccc3CC[C@H]2[C@H]1c1ccc(F)cc1. The summed E-state index contributed by atoms with van der Waals surface area (Å²) in [5.74, 6) is -0.00693. The first-order chi connectivity index (χ1) is 14.6. The number of hydrazone groups is 1. The molecule has 5 rings (SSSR count). The van der Waals surface area contributed by atoms with Crippen molar-refractivity contribution < 1.29 is 9.18 Å². The first-order valence-corrected chi connectivity index (χ1v) is 10.9. The summed E-state index contributed by atoms with van der Waals surface area (Å²) >= 11 is 1.40. The average Bonchev–Trinajstić information content (AvgIpc) is 3.36. The highest BCUT2D eigenvalue weighted by Gasteiger charge is 2.43. The number of aromatic nitrogens is 2. The summed E-state index contributed by atoms with van der Waals surface area (Å²) in [7, 11) is 1.91. The van der Waals surface area contributed by atoms with Crippen molar-refractivity contribution in [1.82, 2.24) is 14.6 Å². The van der Waals surface area contributed by atoms with Crippen molar-refractivity contribution in [2.45, 2.75) is 24.0 Å². The van der Waals surface area contributed by atoms with Gasteiger partial charge in [-0.1, -0.05) is 48.2 Å². The molecule has 2 heterocycles. The van der Waals surface area contributed by atoms with Crippen LogP contribution in [0.4, 0.5) is 4.39 Å². The fourth-order valence-electron chi connectivity index (χ4n) is 4.35. The van der Waals surface area contributed by atoms with Crippen LogP contribution in [0.25, 0.3) is 0 Å². The monoisotopic (exact) mass is 420 g/mol. The molecule has 1 aliphatic carbocycles. The molecule has 0 N–H and O–H groups in total. The summed E-state index contributed by atoms with van der Waals surface area (Å²) in [5, 5.41) is 7.22. The standard InChI is InChI=1S/C23H21FN4OS/c1-27-13-12-25-23(27)30-14-20(29)28-22(16-6-9-17(24)10-7-16)19-11-8-15-4-2-3-5-18(15)21(19)26-28/h2-7,9-10,12-13,19,22H,8,11,14H2,1H3/t19-,22-/m1/s1. The fourth-order valence-corrected chi connectivity index (χ4v) is 5.13. The van der Waals surface area contributed by atoms with Gasteiger partial charge in [-0.2, -0.15) is 5.10 Å². The van der Waals surface area contributed by atoms with Gasteiger partial charge in [-0.3, -0.25) is 4.79 Å². The van der Waals surface area contributed by atoms with Crippen LogP contribution in [0.15, 0.2) is 71.2 Å². The van der Waals surface area contributed by atoms with E-state index >= 15 is 0 Å². The van der Waals surface area contributed by atoms with Gasteiger partial charge < -0.3 is 4.57 Å². The third-order valence-electron chi connectivity index (χ3n) is 5.80. The Labute approximate surface area is 178 Å². The molecule has 152 valence electrons. The Morgan fingerprint density at radius 2 is 2.00 bits per heavy atom. The zero-order valence-electron chi connectivity index (χ0n) is 16.5. The van der Waals surface area contributed by atoms with Crippen LogP contribution < -0.4 is 0 Å². The fraction of sp³-hybridized carbons (Fsp3) is 0.261. The van der Waals surface area contributed by atoms with Gasteiger partial charge in [0.1, 0.15) is 5.82 Å². The third-order valence-corrected chi connectivity index (χ3v) is 6.84. The number of hydrogen-bond donors (Lipinski definition) is 0. The number of benzene rings is 2. The van der Waals surface area contributed by atoms with Gasteiger partial charge in [0.05, 0.1) is 17.5 Å². The zero-order valence-corrected chi connectivity index (χ0v) is 17.3. The minimum Gasteiger partial charge on any atom is -0.329 e.